The van der Waals surface area contributed by atoms with Crippen LogP contribution in [0.1, 0.15) is 88.8 Å². The van der Waals surface area contributed by atoms with Crippen LogP contribution in [0, 0.1) is 0 Å². The van der Waals surface area contributed by atoms with Crippen LogP contribution in [0.25, 0.3) is 11.2 Å². The fraction of sp³-hybridized carbons (Fsp3) is 0.625. The van der Waals surface area contributed by atoms with Crippen molar-refractivity contribution in [2.75, 3.05) is 37.9 Å². The number of aromatic nitrogens is 4. The molecular formula is C32H46N8O3. The predicted molar refractivity (Wildman–Crippen MR) is 168 cm³/mol. The largest absolute Gasteiger partial charge is 0.497 e. The van der Waals surface area contributed by atoms with E-state index in [1.165, 1.54) is 12.8 Å². The summed E-state index contributed by atoms with van der Waals surface area (Å²) in [6.07, 6.45) is 12.6. The fourth-order valence-corrected chi connectivity index (χ4v) is 7.20. The van der Waals surface area contributed by atoms with E-state index in [-0.39, 0.29) is 11.8 Å². The molecule has 1 aliphatic heterocycles. The van der Waals surface area contributed by atoms with Gasteiger partial charge in [-0.1, -0.05) is 12.8 Å². The van der Waals surface area contributed by atoms with Gasteiger partial charge in [-0.15, -0.1) is 0 Å². The number of methoxy groups -OCH3 is 2. The van der Waals surface area contributed by atoms with Crippen molar-refractivity contribution < 1.29 is 14.3 Å². The van der Waals surface area contributed by atoms with Crippen LogP contribution >= 0.6 is 0 Å². The Morgan fingerprint density at radius 3 is 2.35 bits per heavy atom. The van der Waals surface area contributed by atoms with Crippen molar-refractivity contribution in [3.63, 3.8) is 0 Å². The summed E-state index contributed by atoms with van der Waals surface area (Å²) in [5.74, 6) is 2.95. The Hall–Kier alpha value is -3.44. The lowest BCUT2D eigenvalue weighted by molar-refractivity contribution is -0.122. The third-order valence-electron chi connectivity index (χ3n) is 9.60. The van der Waals surface area contributed by atoms with Crippen LogP contribution in [0.4, 0.5) is 11.8 Å². The number of rotatable bonds is 10. The number of hydrogen-bond donors (Lipinski definition) is 3. The van der Waals surface area contributed by atoms with E-state index in [2.05, 4.69) is 20.1 Å². The van der Waals surface area contributed by atoms with Gasteiger partial charge in [0.05, 0.1) is 26.6 Å². The van der Waals surface area contributed by atoms with Gasteiger partial charge < -0.3 is 30.4 Å². The number of anilines is 2. The molecule has 4 N–H and O–H groups in total. The Bertz CT molecular complexity index is 1410. The maximum absolute atomic E-state index is 13.0. The molecule has 1 aromatic carbocycles. The molecule has 0 radical (unpaired) electrons. The SMILES string of the molecule is COc1ccc(OC)c(C(C(C)=O)N2CCC(Nc3nc(NC4CCC(N)CC4)nc4c3ncn4C3CCCC3)CC2)c1. The summed E-state index contributed by atoms with van der Waals surface area (Å²) in [4.78, 5) is 30.0. The normalized spacial score (nSPS) is 22.9. The highest BCUT2D eigenvalue weighted by Crippen LogP contribution is 2.36. The molecule has 11 heteroatoms. The van der Waals surface area contributed by atoms with Gasteiger partial charge in [0.2, 0.25) is 5.95 Å². The van der Waals surface area contributed by atoms with Crippen LogP contribution in [-0.2, 0) is 4.79 Å². The molecule has 0 bridgehead atoms. The standard InChI is InChI=1S/C32H46N8O3/c1-20(41)29(26-18-25(42-2)12-13-27(26)43-3)39-16-14-23(15-17-39)35-30-28-31(40(19-34-28)24-6-4-5-7-24)38-32(37-30)36-22-10-8-21(33)9-11-22/h12-13,18-19,21-24,29H,4-11,14-17,33H2,1-3H3,(H2,35,36,37,38). The van der Waals surface area contributed by atoms with E-state index in [1.54, 1.807) is 21.1 Å². The highest BCUT2D eigenvalue weighted by atomic mass is 16.5. The minimum absolute atomic E-state index is 0.0901. The molecule has 3 heterocycles. The van der Waals surface area contributed by atoms with Gasteiger partial charge in [-0.2, -0.15) is 9.97 Å². The average Bonchev–Trinajstić information content (AvgIpc) is 3.70. The van der Waals surface area contributed by atoms with Crippen LogP contribution in [0.2, 0.25) is 0 Å². The first-order valence-corrected chi connectivity index (χ1v) is 15.9. The predicted octanol–water partition coefficient (Wildman–Crippen LogP) is 4.85. The van der Waals surface area contributed by atoms with Gasteiger partial charge in [0, 0.05) is 42.8 Å². The Morgan fingerprint density at radius 1 is 0.953 bits per heavy atom. The van der Waals surface area contributed by atoms with E-state index in [4.69, 9.17) is 30.2 Å². The summed E-state index contributed by atoms with van der Waals surface area (Å²) in [6, 6.07) is 6.52. The number of likely N-dealkylation sites (tertiary alicyclic amines) is 1. The van der Waals surface area contributed by atoms with Crippen molar-refractivity contribution in [2.45, 2.75) is 101 Å². The van der Waals surface area contributed by atoms with E-state index in [0.717, 1.165) is 87.0 Å². The number of nitrogens with one attached hydrogen (secondary N) is 2. The van der Waals surface area contributed by atoms with Crippen LogP contribution in [0.15, 0.2) is 24.5 Å². The van der Waals surface area contributed by atoms with Crippen LogP contribution < -0.4 is 25.8 Å². The number of nitrogens with two attached hydrogens (primary N) is 1. The Kier molecular flexibility index (Phi) is 8.99. The van der Waals surface area contributed by atoms with Crippen LogP contribution in [0.3, 0.4) is 0 Å². The quantitative estimate of drug-likeness (QED) is 0.301. The average molecular weight is 591 g/mol. The molecule has 2 aromatic heterocycles. The summed E-state index contributed by atoms with van der Waals surface area (Å²) in [7, 11) is 3.28. The molecule has 2 aliphatic carbocycles. The number of ketones is 1. The number of Topliss-reactive ketones (excluding diaryl/α,β-unsaturated/α-hetero) is 1. The monoisotopic (exact) mass is 590 g/mol. The number of nitrogens with zero attached hydrogens (tertiary/aromatic N) is 5. The molecule has 232 valence electrons. The second-order valence-corrected chi connectivity index (χ2v) is 12.5. The minimum Gasteiger partial charge on any atom is -0.497 e. The van der Waals surface area contributed by atoms with E-state index < -0.39 is 6.04 Å². The van der Waals surface area contributed by atoms with Gasteiger partial charge in [0.15, 0.2) is 22.8 Å². The minimum atomic E-state index is -0.390. The molecule has 3 aromatic rings. The van der Waals surface area contributed by atoms with Crippen molar-refractivity contribution >= 4 is 28.7 Å². The summed E-state index contributed by atoms with van der Waals surface area (Å²) in [6.45, 7) is 3.18. The van der Waals surface area contributed by atoms with Crippen LogP contribution in [-0.4, -0.2) is 75.6 Å². The molecule has 0 spiro atoms. The molecule has 3 fully saturated rings. The van der Waals surface area contributed by atoms with Gasteiger partial charge in [-0.05, 0) is 76.5 Å². The van der Waals surface area contributed by atoms with Gasteiger partial charge in [-0.3, -0.25) is 9.69 Å². The molecule has 3 aliphatic rings. The molecule has 1 saturated heterocycles. The first-order valence-electron chi connectivity index (χ1n) is 15.9. The van der Waals surface area contributed by atoms with Gasteiger partial charge in [0.1, 0.15) is 11.5 Å². The number of fused-ring (bicyclic) bond motifs is 1. The van der Waals surface area contributed by atoms with Gasteiger partial charge in [0.25, 0.3) is 0 Å². The van der Waals surface area contributed by atoms with E-state index >= 15 is 0 Å². The third-order valence-corrected chi connectivity index (χ3v) is 9.60. The Morgan fingerprint density at radius 2 is 1.67 bits per heavy atom. The van der Waals surface area contributed by atoms with Gasteiger partial charge >= 0.3 is 0 Å². The second kappa shape index (κ2) is 13.1. The summed E-state index contributed by atoms with van der Waals surface area (Å²) >= 11 is 0. The molecule has 11 nitrogen and oxygen atoms in total. The third kappa shape index (κ3) is 6.43. The first kappa shape index (κ1) is 29.6. The molecule has 0 amide bonds. The van der Waals surface area contributed by atoms with Crippen molar-refractivity contribution in [1.29, 1.82) is 0 Å². The number of hydrogen-bond acceptors (Lipinski definition) is 10. The molecule has 1 unspecified atom stereocenters. The molecule has 43 heavy (non-hydrogen) atoms. The summed E-state index contributed by atoms with van der Waals surface area (Å²) in [5, 5.41) is 7.36. The summed E-state index contributed by atoms with van der Waals surface area (Å²) in [5.41, 5.74) is 8.73. The Labute approximate surface area is 253 Å². The Balaban J connectivity index is 1.21. The maximum atomic E-state index is 13.0. The zero-order chi connectivity index (χ0) is 29.9. The zero-order valence-electron chi connectivity index (χ0n) is 25.7. The summed E-state index contributed by atoms with van der Waals surface area (Å²) < 4.78 is 13.4. The van der Waals surface area contributed by atoms with Crippen molar-refractivity contribution in [3.05, 3.63) is 30.1 Å². The first-order chi connectivity index (χ1) is 20.9. The van der Waals surface area contributed by atoms with E-state index in [9.17, 15) is 4.79 Å². The number of carbonyl (C=O) groups excluding carboxylic acids is 1. The smallest absolute Gasteiger partial charge is 0.227 e. The molecular weight excluding hydrogens is 544 g/mol. The molecule has 1 atom stereocenters. The van der Waals surface area contributed by atoms with E-state index in [0.29, 0.717) is 35.6 Å². The van der Waals surface area contributed by atoms with Crippen molar-refractivity contribution in [3.8, 4) is 11.5 Å². The van der Waals surface area contributed by atoms with E-state index in [1.807, 2.05) is 24.5 Å². The van der Waals surface area contributed by atoms with Crippen LogP contribution in [0.5, 0.6) is 11.5 Å². The van der Waals surface area contributed by atoms with Crippen molar-refractivity contribution in [2.24, 2.45) is 5.73 Å². The number of ether oxygens (including phenoxy) is 2. The number of imidazole rings is 1. The molecule has 6 rings (SSSR count). The second-order valence-electron chi connectivity index (χ2n) is 12.5. The van der Waals surface area contributed by atoms with Crippen molar-refractivity contribution in [1.82, 2.24) is 24.4 Å². The highest BCUT2D eigenvalue weighted by Gasteiger charge is 2.32. The topological polar surface area (TPSA) is 132 Å². The lowest BCUT2D eigenvalue weighted by atomic mass is 9.92. The fourth-order valence-electron chi connectivity index (χ4n) is 7.20. The molecule has 2 saturated carbocycles. The lowest BCUT2D eigenvalue weighted by Crippen LogP contribution is -2.43. The number of piperidine rings is 1. The number of benzene rings is 1. The van der Waals surface area contributed by atoms with Gasteiger partial charge in [-0.25, -0.2) is 4.98 Å². The zero-order valence-corrected chi connectivity index (χ0v) is 25.7. The highest BCUT2D eigenvalue weighted by molar-refractivity contribution is 5.85. The number of carbonyl (C=O) groups is 1. The lowest BCUT2D eigenvalue weighted by Gasteiger charge is -2.37. The maximum Gasteiger partial charge on any atom is 0.227 e.